The molecule has 8 nitrogen and oxygen atoms in total. The Bertz CT molecular complexity index is 930. The van der Waals surface area contributed by atoms with Gasteiger partial charge in [-0.2, -0.15) is 0 Å². The maximum absolute atomic E-state index is 13.1. The molecule has 1 aromatic carbocycles. The van der Waals surface area contributed by atoms with E-state index in [9.17, 15) is 14.4 Å². The van der Waals surface area contributed by atoms with E-state index in [0.717, 1.165) is 31.1 Å². The standard InChI is InChI=1S/C22H28N4O4/c1-16(27)23-12-7-3-4-11-21(28)25-13-8-14-26(25)22(29)19-15-20(30-2)17-9-5-6-10-18(17)24-19/h5-6,9-10,15H,3-4,7-8,11-14H2,1-2H3,(H,23,27). The Hall–Kier alpha value is -3.16. The number of ether oxygens (including phenoxy) is 1. The molecule has 2 aromatic rings. The van der Waals surface area contributed by atoms with E-state index in [0.29, 0.717) is 37.3 Å². The molecule has 1 fully saturated rings. The maximum Gasteiger partial charge on any atom is 0.291 e. The highest BCUT2D eigenvalue weighted by Crippen LogP contribution is 2.26. The lowest BCUT2D eigenvalue weighted by Crippen LogP contribution is -2.45. The molecule has 3 rings (SSSR count). The third kappa shape index (κ3) is 5.06. The zero-order chi connectivity index (χ0) is 21.5. The van der Waals surface area contributed by atoms with Crippen LogP contribution in [0.15, 0.2) is 30.3 Å². The number of amides is 3. The van der Waals surface area contributed by atoms with Crippen LogP contribution < -0.4 is 10.1 Å². The summed E-state index contributed by atoms with van der Waals surface area (Å²) in [5.41, 5.74) is 0.942. The van der Waals surface area contributed by atoms with Gasteiger partial charge in [0.1, 0.15) is 11.4 Å². The largest absolute Gasteiger partial charge is 0.496 e. The molecule has 2 heterocycles. The fraction of sp³-hybridized carbons (Fsp3) is 0.455. The summed E-state index contributed by atoms with van der Waals surface area (Å²) in [6, 6.07) is 9.12. The highest BCUT2D eigenvalue weighted by atomic mass is 16.5. The number of nitrogens with zero attached hydrogens (tertiary/aromatic N) is 3. The van der Waals surface area contributed by atoms with Crippen molar-refractivity contribution in [3.05, 3.63) is 36.0 Å². The monoisotopic (exact) mass is 412 g/mol. The Labute approximate surface area is 176 Å². The summed E-state index contributed by atoms with van der Waals surface area (Å²) in [6.07, 6.45) is 3.51. The number of benzene rings is 1. The van der Waals surface area contributed by atoms with Crippen molar-refractivity contribution < 1.29 is 19.1 Å². The molecular weight excluding hydrogens is 384 g/mol. The summed E-state index contributed by atoms with van der Waals surface area (Å²) >= 11 is 0. The van der Waals surface area contributed by atoms with Crippen LogP contribution in [0.25, 0.3) is 10.9 Å². The first-order valence-electron chi connectivity index (χ1n) is 10.3. The third-order valence-corrected chi connectivity index (χ3v) is 5.11. The molecule has 0 bridgehead atoms. The lowest BCUT2D eigenvalue weighted by atomic mass is 10.1. The van der Waals surface area contributed by atoms with Crippen LogP contribution in [0.5, 0.6) is 5.75 Å². The molecule has 1 aliphatic heterocycles. The van der Waals surface area contributed by atoms with Crippen molar-refractivity contribution in [1.29, 1.82) is 0 Å². The van der Waals surface area contributed by atoms with Crippen LogP contribution in [0.1, 0.15) is 49.5 Å². The van der Waals surface area contributed by atoms with E-state index in [1.165, 1.54) is 11.9 Å². The maximum atomic E-state index is 13.1. The van der Waals surface area contributed by atoms with Gasteiger partial charge in [0, 0.05) is 44.4 Å². The Balaban J connectivity index is 1.63. The molecule has 1 aliphatic rings. The average Bonchev–Trinajstić information content (AvgIpc) is 3.24. The van der Waals surface area contributed by atoms with Crippen LogP contribution in [0.3, 0.4) is 0 Å². The van der Waals surface area contributed by atoms with Gasteiger partial charge in [-0.15, -0.1) is 0 Å². The normalized spacial score (nSPS) is 13.5. The van der Waals surface area contributed by atoms with Crippen LogP contribution in [-0.4, -0.2) is 59.5 Å². The lowest BCUT2D eigenvalue weighted by molar-refractivity contribution is -0.140. The first-order chi connectivity index (χ1) is 14.5. The number of hydrazine groups is 1. The quantitative estimate of drug-likeness (QED) is 0.673. The fourth-order valence-corrected chi connectivity index (χ4v) is 3.61. The number of methoxy groups -OCH3 is 1. The summed E-state index contributed by atoms with van der Waals surface area (Å²) < 4.78 is 5.44. The Morgan fingerprint density at radius 3 is 2.63 bits per heavy atom. The van der Waals surface area contributed by atoms with Gasteiger partial charge >= 0.3 is 0 Å². The van der Waals surface area contributed by atoms with Gasteiger partial charge in [-0.3, -0.25) is 19.4 Å². The van der Waals surface area contributed by atoms with Crippen molar-refractivity contribution in [2.75, 3.05) is 26.7 Å². The van der Waals surface area contributed by atoms with E-state index >= 15 is 0 Å². The van der Waals surface area contributed by atoms with Crippen molar-refractivity contribution in [1.82, 2.24) is 20.3 Å². The topological polar surface area (TPSA) is 91.8 Å². The van der Waals surface area contributed by atoms with Crippen molar-refractivity contribution in [3.63, 3.8) is 0 Å². The van der Waals surface area contributed by atoms with Gasteiger partial charge in [-0.05, 0) is 31.4 Å². The first-order valence-corrected chi connectivity index (χ1v) is 10.3. The molecule has 0 spiro atoms. The molecular formula is C22H28N4O4. The van der Waals surface area contributed by atoms with Gasteiger partial charge < -0.3 is 10.1 Å². The van der Waals surface area contributed by atoms with Crippen LogP contribution in [0.2, 0.25) is 0 Å². The van der Waals surface area contributed by atoms with E-state index in [1.54, 1.807) is 18.2 Å². The van der Waals surface area contributed by atoms with Gasteiger partial charge in [0.2, 0.25) is 11.8 Å². The van der Waals surface area contributed by atoms with Gasteiger partial charge in [-0.1, -0.05) is 18.6 Å². The molecule has 160 valence electrons. The summed E-state index contributed by atoms with van der Waals surface area (Å²) in [4.78, 5) is 41.2. The minimum atomic E-state index is -0.296. The summed E-state index contributed by atoms with van der Waals surface area (Å²) in [6.45, 7) is 3.13. The predicted octanol–water partition coefficient (Wildman–Crippen LogP) is 2.53. The number of hydrogen-bond acceptors (Lipinski definition) is 5. The minimum absolute atomic E-state index is 0.0452. The second-order valence-electron chi connectivity index (χ2n) is 7.32. The number of hydrogen-bond donors (Lipinski definition) is 1. The Morgan fingerprint density at radius 2 is 1.87 bits per heavy atom. The molecule has 0 unspecified atom stereocenters. The Kier molecular flexibility index (Phi) is 7.21. The number of para-hydroxylation sites is 1. The first kappa shape index (κ1) is 21.5. The van der Waals surface area contributed by atoms with Crippen molar-refractivity contribution in [2.24, 2.45) is 0 Å². The highest BCUT2D eigenvalue weighted by molar-refractivity contribution is 5.98. The molecule has 0 radical (unpaired) electrons. The highest BCUT2D eigenvalue weighted by Gasteiger charge is 2.32. The van der Waals surface area contributed by atoms with E-state index in [4.69, 9.17) is 4.74 Å². The summed E-state index contributed by atoms with van der Waals surface area (Å²) in [5, 5.41) is 6.62. The van der Waals surface area contributed by atoms with Crippen LogP contribution in [0, 0.1) is 0 Å². The van der Waals surface area contributed by atoms with Crippen molar-refractivity contribution in [2.45, 2.75) is 39.0 Å². The molecule has 0 aliphatic carbocycles. The van der Waals surface area contributed by atoms with Crippen LogP contribution in [-0.2, 0) is 9.59 Å². The number of nitrogens with one attached hydrogen (secondary N) is 1. The summed E-state index contributed by atoms with van der Waals surface area (Å²) in [7, 11) is 1.56. The van der Waals surface area contributed by atoms with Crippen LogP contribution in [0.4, 0.5) is 0 Å². The molecule has 1 N–H and O–H groups in total. The van der Waals surface area contributed by atoms with Gasteiger partial charge in [0.15, 0.2) is 0 Å². The van der Waals surface area contributed by atoms with E-state index in [1.807, 2.05) is 24.3 Å². The van der Waals surface area contributed by atoms with Crippen molar-refractivity contribution >= 4 is 28.6 Å². The SMILES string of the molecule is COc1cc(C(=O)N2CCCN2C(=O)CCCCCNC(C)=O)nc2ccccc12. The number of carbonyl (C=O) groups excluding carboxylic acids is 3. The second-order valence-corrected chi connectivity index (χ2v) is 7.32. The van der Waals surface area contributed by atoms with Gasteiger partial charge in [-0.25, -0.2) is 9.99 Å². The van der Waals surface area contributed by atoms with Gasteiger partial charge in [0.05, 0.1) is 12.6 Å². The third-order valence-electron chi connectivity index (χ3n) is 5.11. The van der Waals surface area contributed by atoms with E-state index in [2.05, 4.69) is 10.3 Å². The average molecular weight is 412 g/mol. The second kappa shape index (κ2) is 10.0. The number of pyridine rings is 1. The zero-order valence-corrected chi connectivity index (χ0v) is 17.5. The minimum Gasteiger partial charge on any atom is -0.496 e. The van der Waals surface area contributed by atoms with Crippen LogP contribution >= 0.6 is 0 Å². The number of rotatable bonds is 8. The molecule has 0 saturated carbocycles. The molecule has 1 saturated heterocycles. The fourth-order valence-electron chi connectivity index (χ4n) is 3.61. The van der Waals surface area contributed by atoms with Crippen molar-refractivity contribution in [3.8, 4) is 5.75 Å². The number of fused-ring (bicyclic) bond motifs is 1. The zero-order valence-electron chi connectivity index (χ0n) is 17.5. The summed E-state index contributed by atoms with van der Waals surface area (Å²) in [5.74, 6) is 0.181. The van der Waals surface area contributed by atoms with E-state index in [-0.39, 0.29) is 23.4 Å². The molecule has 30 heavy (non-hydrogen) atoms. The molecule has 8 heteroatoms. The molecule has 1 aromatic heterocycles. The number of carbonyl (C=O) groups is 3. The smallest absolute Gasteiger partial charge is 0.291 e. The number of unbranched alkanes of at least 4 members (excludes halogenated alkanes) is 2. The Morgan fingerprint density at radius 1 is 1.10 bits per heavy atom. The molecule has 0 atom stereocenters. The molecule has 3 amide bonds. The predicted molar refractivity (Wildman–Crippen MR) is 113 cm³/mol. The van der Waals surface area contributed by atoms with E-state index < -0.39 is 0 Å². The van der Waals surface area contributed by atoms with Gasteiger partial charge in [0.25, 0.3) is 5.91 Å². The lowest BCUT2D eigenvalue weighted by Gasteiger charge is -2.28. The number of aromatic nitrogens is 1.